The summed E-state index contributed by atoms with van der Waals surface area (Å²) in [5.74, 6) is -0.129. The molecule has 0 unspecified atom stereocenters. The normalized spacial score (nSPS) is 10.2. The molecule has 6 nitrogen and oxygen atoms in total. The fourth-order valence-electron chi connectivity index (χ4n) is 2.53. The number of hydrogen-bond acceptors (Lipinski definition) is 6. The van der Waals surface area contributed by atoms with Gasteiger partial charge in [0.2, 0.25) is 0 Å². The van der Waals surface area contributed by atoms with Crippen LogP contribution < -0.4 is 10.2 Å². The van der Waals surface area contributed by atoms with Gasteiger partial charge in [0.15, 0.2) is 0 Å². The van der Waals surface area contributed by atoms with Crippen molar-refractivity contribution >= 4 is 33.6 Å². The zero-order chi connectivity index (χ0) is 21.6. The molecule has 160 valence electrons. The summed E-state index contributed by atoms with van der Waals surface area (Å²) in [6.07, 6.45) is 6.08. The molecule has 1 N–H and O–H groups in total. The van der Waals surface area contributed by atoms with Crippen LogP contribution in [0.15, 0.2) is 65.7 Å². The smallest absolute Gasteiger partial charge is 0.362 e. The number of anilines is 1. The highest BCUT2D eigenvalue weighted by Gasteiger charge is 2.08. The van der Waals surface area contributed by atoms with Crippen molar-refractivity contribution in [3.63, 3.8) is 0 Å². The number of carbonyl (C=O) groups is 2. The van der Waals surface area contributed by atoms with E-state index in [9.17, 15) is 9.59 Å². The molecular weight excluding hydrogens is 450 g/mol. The van der Waals surface area contributed by atoms with Gasteiger partial charge in [0.25, 0.3) is 0 Å². The zero-order valence-electron chi connectivity index (χ0n) is 16.8. The molecular formula is C23H26BrNO5. The maximum absolute atomic E-state index is 12.1. The molecule has 2 aromatic rings. The number of carbonyl (C=O) groups excluding carboxylic acids is 2. The van der Waals surface area contributed by atoms with Gasteiger partial charge in [-0.2, -0.15) is 0 Å². The van der Waals surface area contributed by atoms with E-state index in [1.807, 2.05) is 12.1 Å². The Morgan fingerprint density at radius 1 is 0.900 bits per heavy atom. The average molecular weight is 476 g/mol. The Hall–Kier alpha value is -2.80. The van der Waals surface area contributed by atoms with Crippen molar-refractivity contribution in [2.45, 2.75) is 32.1 Å². The summed E-state index contributed by atoms with van der Waals surface area (Å²) >= 11 is 3.35. The minimum Gasteiger partial charge on any atom is -0.494 e. The molecule has 0 radical (unpaired) electrons. The van der Waals surface area contributed by atoms with E-state index < -0.39 is 5.97 Å². The molecule has 30 heavy (non-hydrogen) atoms. The van der Waals surface area contributed by atoms with Crippen molar-refractivity contribution in [1.82, 2.24) is 0 Å². The van der Waals surface area contributed by atoms with Crippen molar-refractivity contribution in [3.8, 4) is 5.75 Å². The monoisotopic (exact) mass is 475 g/mol. The minimum absolute atomic E-state index is 0.372. The predicted molar refractivity (Wildman–Crippen MR) is 119 cm³/mol. The first kappa shape index (κ1) is 23.5. The Balaban J connectivity index is 1.57. The molecule has 0 saturated heterocycles. The fourth-order valence-corrected chi connectivity index (χ4v) is 2.79. The largest absolute Gasteiger partial charge is 0.494 e. The molecule has 0 aliphatic rings. The third-order valence-corrected chi connectivity index (χ3v) is 4.69. The van der Waals surface area contributed by atoms with Crippen LogP contribution in [0.25, 0.3) is 0 Å². The third kappa shape index (κ3) is 9.13. The molecule has 2 aromatic carbocycles. The quantitative estimate of drug-likeness (QED) is 0.173. The van der Waals surface area contributed by atoms with E-state index in [1.54, 1.807) is 36.4 Å². The van der Waals surface area contributed by atoms with Gasteiger partial charge in [-0.1, -0.05) is 41.8 Å². The van der Waals surface area contributed by atoms with Gasteiger partial charge in [-0.3, -0.25) is 0 Å². The standard InChI is InChI=1S/C23H26BrNO5/c1-2-22(26)29-17-7-5-3-4-6-16-28-21-14-8-18(9-15-21)23(27)30-25-20-12-10-19(24)11-13-20/h2,8-15,25H,1,3-7,16-17H2. The van der Waals surface area contributed by atoms with Crippen LogP contribution in [0.1, 0.15) is 42.5 Å². The maximum atomic E-state index is 12.1. The van der Waals surface area contributed by atoms with Crippen LogP contribution in [0.2, 0.25) is 0 Å². The van der Waals surface area contributed by atoms with Crippen LogP contribution in [0.5, 0.6) is 5.75 Å². The number of rotatable bonds is 13. The van der Waals surface area contributed by atoms with Gasteiger partial charge >= 0.3 is 11.9 Å². The van der Waals surface area contributed by atoms with E-state index in [0.717, 1.165) is 36.6 Å². The lowest BCUT2D eigenvalue weighted by atomic mass is 10.1. The van der Waals surface area contributed by atoms with E-state index >= 15 is 0 Å². The number of hydrogen-bond donors (Lipinski definition) is 1. The van der Waals surface area contributed by atoms with Gasteiger partial charge in [0.05, 0.1) is 24.5 Å². The number of halogens is 1. The summed E-state index contributed by atoms with van der Waals surface area (Å²) in [6.45, 7) is 4.41. The Kier molecular flexibility index (Phi) is 10.5. The zero-order valence-corrected chi connectivity index (χ0v) is 18.4. The Morgan fingerprint density at radius 2 is 1.53 bits per heavy atom. The predicted octanol–water partition coefficient (Wildman–Crippen LogP) is 5.69. The number of unbranched alkanes of at least 4 members (excludes halogenated alkanes) is 4. The van der Waals surface area contributed by atoms with Crippen molar-refractivity contribution in [2.75, 3.05) is 18.7 Å². The van der Waals surface area contributed by atoms with Crippen LogP contribution in [0.4, 0.5) is 5.69 Å². The number of ether oxygens (including phenoxy) is 2. The van der Waals surface area contributed by atoms with Gasteiger partial charge in [-0.05, 0) is 61.4 Å². The fraction of sp³-hybridized carbons (Fsp3) is 0.304. The molecule has 0 amide bonds. The highest BCUT2D eigenvalue weighted by molar-refractivity contribution is 9.10. The summed E-state index contributed by atoms with van der Waals surface area (Å²) in [6, 6.07) is 14.1. The Labute approximate surface area is 185 Å². The second-order valence-corrected chi connectivity index (χ2v) is 7.43. The average Bonchev–Trinajstić information content (AvgIpc) is 2.77. The summed E-state index contributed by atoms with van der Waals surface area (Å²) < 4.78 is 11.6. The second-order valence-electron chi connectivity index (χ2n) is 6.51. The van der Waals surface area contributed by atoms with Gasteiger partial charge in [-0.25, -0.2) is 15.1 Å². The van der Waals surface area contributed by atoms with Gasteiger partial charge in [-0.15, -0.1) is 0 Å². The van der Waals surface area contributed by atoms with E-state index in [4.69, 9.17) is 14.3 Å². The highest BCUT2D eigenvalue weighted by atomic mass is 79.9. The first-order valence-corrected chi connectivity index (χ1v) is 10.6. The van der Waals surface area contributed by atoms with Crippen LogP contribution in [0, 0.1) is 0 Å². The first-order chi connectivity index (χ1) is 14.6. The number of benzene rings is 2. The molecule has 0 saturated carbocycles. The van der Waals surface area contributed by atoms with E-state index in [1.165, 1.54) is 6.08 Å². The second kappa shape index (κ2) is 13.4. The molecule has 0 aromatic heterocycles. The van der Waals surface area contributed by atoms with Crippen molar-refractivity contribution in [1.29, 1.82) is 0 Å². The topological polar surface area (TPSA) is 73.9 Å². The van der Waals surface area contributed by atoms with Crippen molar-refractivity contribution in [2.24, 2.45) is 0 Å². The first-order valence-electron chi connectivity index (χ1n) is 9.83. The van der Waals surface area contributed by atoms with Crippen LogP contribution in [-0.2, 0) is 14.4 Å². The summed E-state index contributed by atoms with van der Waals surface area (Å²) in [5.41, 5.74) is 3.75. The minimum atomic E-state index is -0.469. The third-order valence-electron chi connectivity index (χ3n) is 4.16. The van der Waals surface area contributed by atoms with Crippen LogP contribution in [-0.4, -0.2) is 25.2 Å². The lowest BCUT2D eigenvalue weighted by Gasteiger charge is -2.09. The Morgan fingerprint density at radius 3 is 2.20 bits per heavy atom. The van der Waals surface area contributed by atoms with E-state index in [0.29, 0.717) is 30.2 Å². The molecule has 0 fully saturated rings. The SMILES string of the molecule is C=CC(=O)OCCCCCCCOc1ccc(C(=O)ONc2ccc(Br)cc2)cc1. The van der Waals surface area contributed by atoms with E-state index in [2.05, 4.69) is 28.0 Å². The van der Waals surface area contributed by atoms with Crippen LogP contribution in [0.3, 0.4) is 0 Å². The van der Waals surface area contributed by atoms with Gasteiger partial charge in [0, 0.05) is 10.5 Å². The Bertz CT molecular complexity index is 805. The maximum Gasteiger partial charge on any atom is 0.362 e. The molecule has 7 heteroatoms. The summed E-state index contributed by atoms with van der Waals surface area (Å²) in [4.78, 5) is 28.1. The van der Waals surface area contributed by atoms with Gasteiger partial charge < -0.3 is 14.3 Å². The van der Waals surface area contributed by atoms with Crippen LogP contribution >= 0.6 is 15.9 Å². The molecule has 0 aliphatic carbocycles. The number of esters is 1. The highest BCUT2D eigenvalue weighted by Crippen LogP contribution is 2.16. The molecule has 0 spiro atoms. The molecule has 2 rings (SSSR count). The summed E-state index contributed by atoms with van der Waals surface area (Å²) in [7, 11) is 0. The lowest BCUT2D eigenvalue weighted by molar-refractivity contribution is -0.137. The summed E-state index contributed by atoms with van der Waals surface area (Å²) in [5, 5.41) is 0. The van der Waals surface area contributed by atoms with Crippen molar-refractivity contribution < 1.29 is 23.9 Å². The van der Waals surface area contributed by atoms with E-state index in [-0.39, 0.29) is 5.97 Å². The van der Waals surface area contributed by atoms with Crippen molar-refractivity contribution in [3.05, 3.63) is 71.2 Å². The molecule has 0 atom stereocenters. The molecule has 0 bridgehead atoms. The lowest BCUT2D eigenvalue weighted by Crippen LogP contribution is -2.10. The molecule has 0 heterocycles. The molecule has 0 aliphatic heterocycles. The number of nitrogens with one attached hydrogen (secondary N) is 1. The van der Waals surface area contributed by atoms with Gasteiger partial charge in [0.1, 0.15) is 5.75 Å².